The van der Waals surface area contributed by atoms with Crippen molar-refractivity contribution in [2.45, 2.75) is 26.2 Å². The van der Waals surface area contributed by atoms with Gasteiger partial charge in [-0.05, 0) is 56.3 Å². The first kappa shape index (κ1) is 11.2. The van der Waals surface area contributed by atoms with E-state index in [0.29, 0.717) is 0 Å². The van der Waals surface area contributed by atoms with Crippen LogP contribution in [0.2, 0.25) is 0 Å². The Morgan fingerprint density at radius 1 is 1.33 bits per heavy atom. The van der Waals surface area contributed by atoms with Crippen molar-refractivity contribution in [3.63, 3.8) is 0 Å². The number of aryl methyl sites for hydroxylation is 1. The minimum absolute atomic E-state index is 0.865. The van der Waals surface area contributed by atoms with Crippen LogP contribution in [-0.4, -0.2) is 13.1 Å². The second-order valence-corrected chi connectivity index (χ2v) is 5.24. The maximum Gasteiger partial charge on any atom is 0.0236 e. The van der Waals surface area contributed by atoms with Gasteiger partial charge in [-0.3, -0.25) is 0 Å². The Morgan fingerprint density at radius 2 is 2.07 bits per heavy atom. The van der Waals surface area contributed by atoms with Crippen molar-refractivity contribution < 1.29 is 0 Å². The van der Waals surface area contributed by atoms with Crippen molar-refractivity contribution in [2.24, 2.45) is 5.92 Å². The topological polar surface area (TPSA) is 12.0 Å². The maximum absolute atomic E-state index is 3.69. The van der Waals surface area contributed by atoms with E-state index in [1.165, 1.54) is 48.0 Å². The first-order valence-corrected chi connectivity index (χ1v) is 6.51. The van der Waals surface area contributed by atoms with Gasteiger partial charge in [0.2, 0.25) is 0 Å². The molecule has 0 atom stereocenters. The first-order chi connectivity index (χ1) is 7.27. The van der Waals surface area contributed by atoms with Gasteiger partial charge in [-0.2, -0.15) is 0 Å². The zero-order chi connectivity index (χ0) is 10.7. The predicted octanol–water partition coefficient (Wildman–Crippen LogP) is 3.30. The number of hydrogen-bond acceptors (Lipinski definition) is 1. The number of piperidine rings is 1. The fraction of sp³-hybridized carbons (Fsp3) is 0.538. The fourth-order valence-corrected chi connectivity index (χ4v) is 2.69. The van der Waals surface area contributed by atoms with Gasteiger partial charge in [-0.15, -0.1) is 0 Å². The maximum atomic E-state index is 3.69. The molecule has 0 aliphatic carbocycles. The highest BCUT2D eigenvalue weighted by atomic mass is 79.9. The highest BCUT2D eigenvalue weighted by molar-refractivity contribution is 9.10. The molecule has 82 valence electrons. The van der Waals surface area contributed by atoms with E-state index < -0.39 is 0 Å². The Bertz CT molecular complexity index is 329. The van der Waals surface area contributed by atoms with Crippen LogP contribution in [0.5, 0.6) is 0 Å². The van der Waals surface area contributed by atoms with Crippen molar-refractivity contribution in [2.75, 3.05) is 13.1 Å². The number of rotatable bonds is 2. The molecule has 0 saturated carbocycles. The van der Waals surface area contributed by atoms with Gasteiger partial charge in [-0.1, -0.05) is 34.1 Å². The third-order valence-electron chi connectivity index (χ3n) is 3.24. The zero-order valence-electron chi connectivity index (χ0n) is 9.22. The van der Waals surface area contributed by atoms with Gasteiger partial charge >= 0.3 is 0 Å². The summed E-state index contributed by atoms with van der Waals surface area (Å²) in [5.74, 6) is 0.865. The van der Waals surface area contributed by atoms with Gasteiger partial charge in [-0.25, -0.2) is 0 Å². The van der Waals surface area contributed by atoms with E-state index in [2.05, 4.69) is 46.4 Å². The Labute approximate surface area is 100 Å². The molecular formula is C13H18BrN. The molecule has 1 aliphatic heterocycles. The molecule has 1 aromatic carbocycles. The van der Waals surface area contributed by atoms with Gasteiger partial charge in [0, 0.05) is 4.47 Å². The molecule has 0 aromatic heterocycles. The lowest BCUT2D eigenvalue weighted by atomic mass is 9.90. The van der Waals surface area contributed by atoms with Crippen LogP contribution in [0.3, 0.4) is 0 Å². The minimum atomic E-state index is 0.865. The average Bonchev–Trinajstić information content (AvgIpc) is 2.26. The lowest BCUT2D eigenvalue weighted by Crippen LogP contribution is -2.28. The summed E-state index contributed by atoms with van der Waals surface area (Å²) >= 11 is 3.69. The fourth-order valence-electron chi connectivity index (χ4n) is 2.26. The van der Waals surface area contributed by atoms with E-state index in [9.17, 15) is 0 Å². The van der Waals surface area contributed by atoms with E-state index in [1.54, 1.807) is 0 Å². The van der Waals surface area contributed by atoms with E-state index in [1.807, 2.05) is 0 Å². The molecule has 1 heterocycles. The third-order valence-corrected chi connectivity index (χ3v) is 4.37. The van der Waals surface area contributed by atoms with Crippen LogP contribution in [-0.2, 0) is 6.42 Å². The number of nitrogens with one attached hydrogen (secondary N) is 1. The predicted molar refractivity (Wildman–Crippen MR) is 68.2 cm³/mol. The number of benzene rings is 1. The Balaban J connectivity index is 2.06. The molecule has 0 bridgehead atoms. The number of halogens is 1. The van der Waals surface area contributed by atoms with Crippen LogP contribution in [0.4, 0.5) is 0 Å². The monoisotopic (exact) mass is 267 g/mol. The molecule has 15 heavy (non-hydrogen) atoms. The van der Waals surface area contributed by atoms with Gasteiger partial charge in [0.1, 0.15) is 0 Å². The van der Waals surface area contributed by atoms with Crippen LogP contribution >= 0.6 is 15.9 Å². The summed E-state index contributed by atoms with van der Waals surface area (Å²) < 4.78 is 1.31. The standard InChI is InChI=1S/C13H18BrN/c1-10-3-2-4-12(13(10)14)9-11-5-7-15-8-6-11/h2-4,11,15H,5-9H2,1H3. The Kier molecular flexibility index (Phi) is 3.81. The van der Waals surface area contributed by atoms with Crippen molar-refractivity contribution in [3.8, 4) is 0 Å². The van der Waals surface area contributed by atoms with Crippen LogP contribution in [0.15, 0.2) is 22.7 Å². The van der Waals surface area contributed by atoms with Gasteiger partial charge < -0.3 is 5.32 Å². The van der Waals surface area contributed by atoms with Crippen LogP contribution in [0.25, 0.3) is 0 Å². The van der Waals surface area contributed by atoms with Crippen molar-refractivity contribution >= 4 is 15.9 Å². The van der Waals surface area contributed by atoms with Crippen molar-refractivity contribution in [3.05, 3.63) is 33.8 Å². The second kappa shape index (κ2) is 5.13. The summed E-state index contributed by atoms with van der Waals surface area (Å²) in [5, 5.41) is 3.41. The summed E-state index contributed by atoms with van der Waals surface area (Å²) in [6.45, 7) is 4.54. The quantitative estimate of drug-likeness (QED) is 0.867. The largest absolute Gasteiger partial charge is 0.317 e. The molecule has 2 heteroatoms. The van der Waals surface area contributed by atoms with Gasteiger partial charge in [0.25, 0.3) is 0 Å². The molecule has 0 radical (unpaired) electrons. The lowest BCUT2D eigenvalue weighted by Gasteiger charge is -2.23. The van der Waals surface area contributed by atoms with E-state index in [-0.39, 0.29) is 0 Å². The molecule has 1 nitrogen and oxygen atoms in total. The van der Waals surface area contributed by atoms with Crippen molar-refractivity contribution in [1.82, 2.24) is 5.32 Å². The SMILES string of the molecule is Cc1cccc(CC2CCNCC2)c1Br. The molecule has 1 saturated heterocycles. The average molecular weight is 268 g/mol. The third kappa shape index (κ3) is 2.82. The molecule has 0 spiro atoms. The smallest absolute Gasteiger partial charge is 0.0236 e. The molecule has 0 amide bonds. The summed E-state index contributed by atoms with van der Waals surface area (Å²) in [5.41, 5.74) is 2.82. The molecule has 2 rings (SSSR count). The second-order valence-electron chi connectivity index (χ2n) is 4.45. The summed E-state index contributed by atoms with van der Waals surface area (Å²) in [6, 6.07) is 6.58. The van der Waals surface area contributed by atoms with Crippen molar-refractivity contribution in [1.29, 1.82) is 0 Å². The number of hydrogen-bond donors (Lipinski definition) is 1. The van der Waals surface area contributed by atoms with E-state index in [4.69, 9.17) is 0 Å². The van der Waals surface area contributed by atoms with Gasteiger partial charge in [0.05, 0.1) is 0 Å². The van der Waals surface area contributed by atoms with Crippen LogP contribution < -0.4 is 5.32 Å². The Hall–Kier alpha value is -0.340. The summed E-state index contributed by atoms with van der Waals surface area (Å²) in [4.78, 5) is 0. The molecule has 1 aliphatic rings. The van der Waals surface area contributed by atoms with Crippen LogP contribution in [0.1, 0.15) is 24.0 Å². The van der Waals surface area contributed by atoms with E-state index >= 15 is 0 Å². The summed E-state index contributed by atoms with van der Waals surface area (Å²) in [6.07, 6.45) is 3.87. The molecule has 1 aromatic rings. The summed E-state index contributed by atoms with van der Waals surface area (Å²) in [7, 11) is 0. The lowest BCUT2D eigenvalue weighted by molar-refractivity contribution is 0.372. The van der Waals surface area contributed by atoms with E-state index in [0.717, 1.165) is 5.92 Å². The van der Waals surface area contributed by atoms with Crippen LogP contribution in [0, 0.1) is 12.8 Å². The van der Waals surface area contributed by atoms with Gasteiger partial charge in [0.15, 0.2) is 0 Å². The zero-order valence-corrected chi connectivity index (χ0v) is 10.8. The highest BCUT2D eigenvalue weighted by Gasteiger charge is 2.14. The molecular weight excluding hydrogens is 250 g/mol. The normalized spacial score (nSPS) is 18.0. The minimum Gasteiger partial charge on any atom is -0.317 e. The molecule has 0 unspecified atom stereocenters. The molecule has 1 fully saturated rings. The first-order valence-electron chi connectivity index (χ1n) is 5.72. The molecule has 1 N–H and O–H groups in total. The Morgan fingerprint density at radius 3 is 2.80 bits per heavy atom. The highest BCUT2D eigenvalue weighted by Crippen LogP contribution is 2.26.